The monoisotopic (exact) mass is 378 g/mol. The Kier molecular flexibility index (Phi) is 5.74. The van der Waals surface area contributed by atoms with Gasteiger partial charge in [-0.15, -0.1) is 0 Å². The third kappa shape index (κ3) is 3.87. The Morgan fingerprint density at radius 1 is 1.33 bits per heavy atom. The third-order valence-corrected chi connectivity index (χ3v) is 5.02. The maximum absolute atomic E-state index is 13.1. The quantitative estimate of drug-likeness (QED) is 0.502. The number of allylic oxidation sites excluding steroid dienone is 2. The first kappa shape index (κ1) is 21.4. The van der Waals surface area contributed by atoms with Crippen molar-refractivity contribution in [3.05, 3.63) is 34.3 Å². The highest BCUT2D eigenvalue weighted by Crippen LogP contribution is 2.46. The first-order valence-electron chi connectivity index (χ1n) is 9.29. The number of aliphatic hydroxyl groups is 3. The zero-order chi connectivity index (χ0) is 20.7. The molecule has 27 heavy (non-hydrogen) atoms. The van der Waals surface area contributed by atoms with Crippen LogP contribution in [0.4, 0.5) is 0 Å². The molecule has 0 amide bonds. The molecule has 0 spiro atoms. The zero-order valence-electron chi connectivity index (χ0n) is 16.9. The van der Waals surface area contributed by atoms with Gasteiger partial charge >= 0.3 is 0 Å². The van der Waals surface area contributed by atoms with Gasteiger partial charge in [-0.25, -0.2) is 0 Å². The van der Waals surface area contributed by atoms with Gasteiger partial charge in [0.2, 0.25) is 5.78 Å². The van der Waals surface area contributed by atoms with Crippen LogP contribution in [0, 0.1) is 5.92 Å². The third-order valence-electron chi connectivity index (χ3n) is 5.02. The maximum Gasteiger partial charge on any atom is 0.209 e. The van der Waals surface area contributed by atoms with Crippen LogP contribution in [-0.2, 0) is 14.3 Å². The fraction of sp³-hybridized carbons (Fsp3) is 0.619. The first-order valence-corrected chi connectivity index (χ1v) is 9.29. The van der Waals surface area contributed by atoms with Crippen molar-refractivity contribution < 1.29 is 29.6 Å². The van der Waals surface area contributed by atoms with Gasteiger partial charge in [-0.1, -0.05) is 25.5 Å². The number of carbonyl (C=O) groups is 2. The maximum atomic E-state index is 13.1. The van der Waals surface area contributed by atoms with E-state index in [-0.39, 0.29) is 36.5 Å². The molecule has 0 aromatic carbocycles. The summed E-state index contributed by atoms with van der Waals surface area (Å²) in [5, 5.41) is 32.4. The van der Waals surface area contributed by atoms with Crippen molar-refractivity contribution in [1.29, 1.82) is 0 Å². The average Bonchev–Trinajstić information content (AvgIpc) is 2.52. The largest absolute Gasteiger partial charge is 0.507 e. The summed E-state index contributed by atoms with van der Waals surface area (Å²) >= 11 is 0. The molecule has 1 aliphatic heterocycles. The number of aliphatic hydroxyl groups excluding tert-OH is 2. The Morgan fingerprint density at radius 2 is 1.93 bits per heavy atom. The molecule has 3 N–H and O–H groups in total. The molecule has 150 valence electrons. The molecule has 0 fully saturated rings. The van der Waals surface area contributed by atoms with Crippen molar-refractivity contribution in [1.82, 2.24) is 0 Å². The molecule has 6 nitrogen and oxygen atoms in total. The highest BCUT2D eigenvalue weighted by Gasteiger charge is 2.55. The number of rotatable bonds is 5. The summed E-state index contributed by atoms with van der Waals surface area (Å²) < 4.78 is 5.81. The Morgan fingerprint density at radius 3 is 2.44 bits per heavy atom. The lowest BCUT2D eigenvalue weighted by atomic mass is 9.74. The summed E-state index contributed by atoms with van der Waals surface area (Å²) in [4.78, 5) is 25.8. The normalized spacial score (nSPS) is 27.4. The van der Waals surface area contributed by atoms with E-state index in [2.05, 4.69) is 0 Å². The summed E-state index contributed by atoms with van der Waals surface area (Å²) in [6.07, 6.45) is 0.709. The lowest BCUT2D eigenvalue weighted by molar-refractivity contribution is -0.149. The zero-order valence-corrected chi connectivity index (χ0v) is 16.9. The predicted molar refractivity (Wildman–Crippen MR) is 101 cm³/mol. The minimum Gasteiger partial charge on any atom is -0.507 e. The number of hydrogen-bond acceptors (Lipinski definition) is 6. The van der Waals surface area contributed by atoms with Crippen molar-refractivity contribution in [3.63, 3.8) is 0 Å². The molecular formula is C21H30O6. The summed E-state index contributed by atoms with van der Waals surface area (Å²) in [6.45, 7) is 10.6. The number of ketones is 2. The van der Waals surface area contributed by atoms with E-state index in [1.807, 2.05) is 27.7 Å². The molecule has 0 aromatic heterocycles. The number of Topliss-reactive ketones (excluding diaryl/α,β-unsaturated/α-hetero) is 2. The Balaban J connectivity index is 2.67. The molecule has 0 saturated carbocycles. The molecule has 0 saturated heterocycles. The van der Waals surface area contributed by atoms with Gasteiger partial charge in [-0.3, -0.25) is 9.59 Å². The van der Waals surface area contributed by atoms with Crippen LogP contribution < -0.4 is 0 Å². The van der Waals surface area contributed by atoms with Crippen molar-refractivity contribution in [3.8, 4) is 0 Å². The average molecular weight is 378 g/mol. The first-order chi connectivity index (χ1) is 12.3. The summed E-state index contributed by atoms with van der Waals surface area (Å²) in [5.74, 6) is -1.95. The van der Waals surface area contributed by atoms with Crippen molar-refractivity contribution in [2.75, 3.05) is 0 Å². The Hall–Kier alpha value is -1.92. The van der Waals surface area contributed by atoms with Gasteiger partial charge in [0.1, 0.15) is 22.7 Å². The van der Waals surface area contributed by atoms with Gasteiger partial charge in [0, 0.05) is 24.8 Å². The second-order valence-electron chi connectivity index (χ2n) is 8.65. The van der Waals surface area contributed by atoms with E-state index in [0.29, 0.717) is 0 Å². The standard InChI is InChI=1S/C21H30O6/c1-11(2)7-8-21(26)18(25)16(14(22)9-12(3)4)17(24)13-10-15(23)20(5,6)27-19(13)21/h7,12,15,23-24,26H,8-10H2,1-6H3/t15-,21-/m1/s1. The molecule has 2 atom stereocenters. The van der Waals surface area contributed by atoms with Gasteiger partial charge in [-0.05, 0) is 33.6 Å². The number of carbonyl (C=O) groups excluding carboxylic acids is 2. The SMILES string of the molecule is CC(C)=CC[C@@]1(O)C(=O)C(C(=O)CC(C)C)=C(O)C2=C1OC(C)(C)[C@H](O)C2. The summed E-state index contributed by atoms with van der Waals surface area (Å²) in [7, 11) is 0. The number of ether oxygens (including phenoxy) is 1. The molecule has 6 heteroatoms. The van der Waals surface area contributed by atoms with Crippen LogP contribution in [0.15, 0.2) is 34.3 Å². The van der Waals surface area contributed by atoms with Crippen LogP contribution in [0.25, 0.3) is 0 Å². The van der Waals surface area contributed by atoms with E-state index in [9.17, 15) is 24.9 Å². The molecule has 0 aromatic rings. The van der Waals surface area contributed by atoms with Crippen LogP contribution in [0.3, 0.4) is 0 Å². The fourth-order valence-electron chi connectivity index (χ4n) is 3.30. The molecule has 0 radical (unpaired) electrons. The number of hydrogen-bond donors (Lipinski definition) is 3. The van der Waals surface area contributed by atoms with Crippen LogP contribution in [0.5, 0.6) is 0 Å². The molecular weight excluding hydrogens is 348 g/mol. The van der Waals surface area contributed by atoms with Crippen molar-refractivity contribution >= 4 is 11.6 Å². The highest BCUT2D eigenvalue weighted by atomic mass is 16.5. The lowest BCUT2D eigenvalue weighted by Gasteiger charge is -2.45. The van der Waals surface area contributed by atoms with Crippen LogP contribution in [-0.4, -0.2) is 44.2 Å². The smallest absolute Gasteiger partial charge is 0.209 e. The molecule has 0 unspecified atom stereocenters. The van der Waals surface area contributed by atoms with Crippen molar-refractivity contribution in [2.45, 2.75) is 78.1 Å². The van der Waals surface area contributed by atoms with Crippen molar-refractivity contribution in [2.24, 2.45) is 5.92 Å². The van der Waals surface area contributed by atoms with Crippen LogP contribution in [0.2, 0.25) is 0 Å². The Labute approximate surface area is 160 Å². The van der Waals surface area contributed by atoms with E-state index in [4.69, 9.17) is 4.74 Å². The molecule has 0 bridgehead atoms. The van der Waals surface area contributed by atoms with Crippen LogP contribution >= 0.6 is 0 Å². The molecule has 1 aliphatic carbocycles. The van der Waals surface area contributed by atoms with E-state index in [1.165, 1.54) is 0 Å². The second-order valence-corrected chi connectivity index (χ2v) is 8.65. The molecule has 1 heterocycles. The Bertz CT molecular complexity index is 749. The van der Waals surface area contributed by atoms with E-state index < -0.39 is 40.2 Å². The summed E-state index contributed by atoms with van der Waals surface area (Å²) in [6, 6.07) is 0. The topological polar surface area (TPSA) is 104 Å². The fourth-order valence-corrected chi connectivity index (χ4v) is 3.30. The van der Waals surface area contributed by atoms with Gasteiger partial charge < -0.3 is 20.1 Å². The predicted octanol–water partition coefficient (Wildman–Crippen LogP) is 2.90. The molecule has 2 rings (SSSR count). The van der Waals surface area contributed by atoms with E-state index in [1.54, 1.807) is 19.9 Å². The van der Waals surface area contributed by atoms with Gasteiger partial charge in [-0.2, -0.15) is 0 Å². The van der Waals surface area contributed by atoms with Gasteiger partial charge in [0.15, 0.2) is 11.4 Å². The highest BCUT2D eigenvalue weighted by molar-refractivity contribution is 6.25. The minimum absolute atomic E-state index is 0.0148. The minimum atomic E-state index is -2.09. The van der Waals surface area contributed by atoms with E-state index >= 15 is 0 Å². The van der Waals surface area contributed by atoms with Crippen LogP contribution in [0.1, 0.15) is 60.8 Å². The molecule has 2 aliphatic rings. The second kappa shape index (κ2) is 7.24. The summed E-state index contributed by atoms with van der Waals surface area (Å²) in [5.41, 5.74) is -2.51. The van der Waals surface area contributed by atoms with E-state index in [0.717, 1.165) is 5.57 Å². The van der Waals surface area contributed by atoms with Gasteiger partial charge in [0.25, 0.3) is 0 Å². The van der Waals surface area contributed by atoms with Gasteiger partial charge in [0.05, 0.1) is 6.10 Å². The lowest BCUT2D eigenvalue weighted by Crippen LogP contribution is -2.54.